The van der Waals surface area contributed by atoms with E-state index in [0.717, 1.165) is 11.6 Å². The summed E-state index contributed by atoms with van der Waals surface area (Å²) in [5.41, 5.74) is 0.747. The van der Waals surface area contributed by atoms with E-state index >= 15 is 0 Å². The molecule has 0 saturated carbocycles. The van der Waals surface area contributed by atoms with Crippen LogP contribution < -0.4 is 5.32 Å². The summed E-state index contributed by atoms with van der Waals surface area (Å²) >= 11 is 0. The normalized spacial score (nSPS) is 10.3. The van der Waals surface area contributed by atoms with E-state index in [0.29, 0.717) is 0 Å². The molecule has 2 aromatic heterocycles. The van der Waals surface area contributed by atoms with Crippen molar-refractivity contribution in [3.8, 4) is 0 Å². The summed E-state index contributed by atoms with van der Waals surface area (Å²) in [6, 6.07) is 0. The minimum Gasteiger partial charge on any atom is -0.358 e. The van der Waals surface area contributed by atoms with Gasteiger partial charge in [-0.2, -0.15) is 5.10 Å². The number of fused-ring (bicyclic) bond motifs is 1. The van der Waals surface area contributed by atoms with Crippen molar-refractivity contribution in [3.63, 3.8) is 0 Å². The van der Waals surface area contributed by atoms with Crippen molar-refractivity contribution < 1.29 is 0 Å². The lowest BCUT2D eigenvalue weighted by molar-refractivity contribution is 0.981. The summed E-state index contributed by atoms with van der Waals surface area (Å²) in [5, 5.41) is 10.5. The fourth-order valence-corrected chi connectivity index (χ4v) is 0.947. The van der Waals surface area contributed by atoms with Gasteiger partial charge in [0, 0.05) is 13.2 Å². The van der Waals surface area contributed by atoms with E-state index in [9.17, 15) is 0 Å². The molecule has 0 unspecified atom stereocenters. The molecule has 0 aliphatic rings. The maximum atomic E-state index is 4.06. The highest BCUT2D eigenvalue weighted by molar-refractivity contribution is 5.43. The van der Waals surface area contributed by atoms with Crippen molar-refractivity contribution in [1.82, 2.24) is 19.6 Å². The van der Waals surface area contributed by atoms with Crippen molar-refractivity contribution in [2.45, 2.75) is 0 Å². The molecule has 0 bridgehead atoms. The summed E-state index contributed by atoms with van der Waals surface area (Å²) < 4.78 is 1.83. The number of hydrogen-bond acceptors (Lipinski definition) is 4. The second kappa shape index (κ2) is 2.19. The molecular weight excluding hydrogens is 142 g/mol. The molecule has 2 heterocycles. The molecule has 2 rings (SSSR count). The molecule has 11 heavy (non-hydrogen) atoms. The van der Waals surface area contributed by atoms with Crippen molar-refractivity contribution >= 4 is 11.6 Å². The van der Waals surface area contributed by atoms with Gasteiger partial charge in [0.2, 0.25) is 5.95 Å². The summed E-state index contributed by atoms with van der Waals surface area (Å²) in [4.78, 5) is 4.06. The smallest absolute Gasteiger partial charge is 0.208 e. The zero-order valence-corrected chi connectivity index (χ0v) is 6.02. The van der Waals surface area contributed by atoms with Crippen LogP contribution in [0.3, 0.4) is 0 Å². The highest BCUT2D eigenvalue weighted by Gasteiger charge is 1.99. The Kier molecular flexibility index (Phi) is 1.21. The second-order valence-corrected chi connectivity index (χ2v) is 2.07. The molecule has 5 nitrogen and oxygen atoms in total. The zero-order valence-electron chi connectivity index (χ0n) is 6.02. The van der Waals surface area contributed by atoms with E-state index in [4.69, 9.17) is 0 Å². The quantitative estimate of drug-likeness (QED) is 0.627. The Labute approximate surface area is 63.1 Å². The minimum absolute atomic E-state index is 0.747. The lowest BCUT2D eigenvalue weighted by Crippen LogP contribution is -1.96. The minimum atomic E-state index is 0.747. The van der Waals surface area contributed by atoms with Gasteiger partial charge in [-0.15, -0.1) is 5.10 Å². The number of aromatic nitrogens is 4. The van der Waals surface area contributed by atoms with E-state index in [1.807, 2.05) is 11.4 Å². The molecule has 56 valence electrons. The largest absolute Gasteiger partial charge is 0.358 e. The van der Waals surface area contributed by atoms with E-state index < -0.39 is 0 Å². The third kappa shape index (κ3) is 0.813. The summed E-state index contributed by atoms with van der Waals surface area (Å²) in [6.07, 6.45) is 5.09. The van der Waals surface area contributed by atoms with Crippen LogP contribution in [0.2, 0.25) is 0 Å². The standard InChI is InChI=1S/C6H7N5/c1-7-6-8-4-5-10-9-2-3-11(5)6/h2-4H,1H3,(H,7,8). The molecule has 0 aliphatic heterocycles. The first-order chi connectivity index (χ1) is 5.42. The molecule has 0 saturated heterocycles. The lowest BCUT2D eigenvalue weighted by Gasteiger charge is -1.95. The molecule has 1 N–H and O–H groups in total. The highest BCUT2D eigenvalue weighted by atomic mass is 15.2. The second-order valence-electron chi connectivity index (χ2n) is 2.07. The fourth-order valence-electron chi connectivity index (χ4n) is 0.947. The Balaban J connectivity index is 2.76. The van der Waals surface area contributed by atoms with Crippen LogP contribution in [0.1, 0.15) is 0 Å². The first kappa shape index (κ1) is 6.09. The number of nitrogens with zero attached hydrogens (tertiary/aromatic N) is 4. The zero-order chi connectivity index (χ0) is 7.68. The van der Waals surface area contributed by atoms with Gasteiger partial charge in [0.25, 0.3) is 0 Å². The molecule has 0 radical (unpaired) electrons. The van der Waals surface area contributed by atoms with Gasteiger partial charge in [-0.25, -0.2) is 4.98 Å². The van der Waals surface area contributed by atoms with Gasteiger partial charge in [0.1, 0.15) is 0 Å². The van der Waals surface area contributed by atoms with E-state index in [2.05, 4.69) is 20.5 Å². The van der Waals surface area contributed by atoms with Crippen LogP contribution in [0, 0.1) is 0 Å². The topological polar surface area (TPSA) is 55.1 Å². The molecule has 0 atom stereocenters. The van der Waals surface area contributed by atoms with Gasteiger partial charge < -0.3 is 5.32 Å². The molecule has 0 aliphatic carbocycles. The molecule has 2 aromatic rings. The van der Waals surface area contributed by atoms with Gasteiger partial charge in [0.15, 0.2) is 5.65 Å². The molecule has 0 amide bonds. The lowest BCUT2D eigenvalue weighted by atomic mass is 10.7. The third-order valence-electron chi connectivity index (χ3n) is 1.44. The SMILES string of the molecule is CNc1ncc2nnccn12. The van der Waals surface area contributed by atoms with Crippen molar-refractivity contribution in [3.05, 3.63) is 18.6 Å². The summed E-state index contributed by atoms with van der Waals surface area (Å²) in [7, 11) is 1.81. The first-order valence-corrected chi connectivity index (χ1v) is 3.24. The molecule has 0 spiro atoms. The maximum absolute atomic E-state index is 4.06. The van der Waals surface area contributed by atoms with E-state index in [1.54, 1.807) is 18.6 Å². The molecule has 0 fully saturated rings. The van der Waals surface area contributed by atoms with Crippen molar-refractivity contribution in [2.24, 2.45) is 0 Å². The number of imidazole rings is 1. The average molecular weight is 149 g/mol. The van der Waals surface area contributed by atoms with Gasteiger partial charge in [-0.3, -0.25) is 4.40 Å². The number of hydrogen-bond donors (Lipinski definition) is 1. The molecule has 0 aromatic carbocycles. The van der Waals surface area contributed by atoms with E-state index in [1.165, 1.54) is 0 Å². The van der Waals surface area contributed by atoms with Crippen LogP contribution in [0.5, 0.6) is 0 Å². The van der Waals surface area contributed by atoms with Crippen LogP contribution in [0.15, 0.2) is 18.6 Å². The highest BCUT2D eigenvalue weighted by Crippen LogP contribution is 2.04. The van der Waals surface area contributed by atoms with Gasteiger partial charge in [0.05, 0.1) is 12.4 Å². The molecule has 5 heteroatoms. The Bertz CT molecular complexity index is 366. The fraction of sp³-hybridized carbons (Fsp3) is 0.167. The van der Waals surface area contributed by atoms with E-state index in [-0.39, 0.29) is 0 Å². The Hall–Kier alpha value is -1.65. The number of rotatable bonds is 1. The maximum Gasteiger partial charge on any atom is 0.208 e. The van der Waals surface area contributed by atoms with Gasteiger partial charge in [-0.05, 0) is 0 Å². The monoisotopic (exact) mass is 149 g/mol. The van der Waals surface area contributed by atoms with Gasteiger partial charge >= 0.3 is 0 Å². The average Bonchev–Trinajstić information content (AvgIpc) is 2.47. The first-order valence-electron chi connectivity index (χ1n) is 3.24. The van der Waals surface area contributed by atoms with Crippen LogP contribution in [0.4, 0.5) is 5.95 Å². The van der Waals surface area contributed by atoms with Crippen LogP contribution in [-0.2, 0) is 0 Å². The Morgan fingerprint density at radius 2 is 2.45 bits per heavy atom. The van der Waals surface area contributed by atoms with Crippen LogP contribution in [-0.4, -0.2) is 26.6 Å². The predicted octanol–water partition coefficient (Wildman–Crippen LogP) is 0.166. The predicted molar refractivity (Wildman–Crippen MR) is 40.3 cm³/mol. The Morgan fingerprint density at radius 1 is 1.55 bits per heavy atom. The number of nitrogens with one attached hydrogen (secondary N) is 1. The van der Waals surface area contributed by atoms with Crippen molar-refractivity contribution in [1.29, 1.82) is 0 Å². The Morgan fingerprint density at radius 3 is 3.27 bits per heavy atom. The van der Waals surface area contributed by atoms with Crippen LogP contribution >= 0.6 is 0 Å². The van der Waals surface area contributed by atoms with Crippen LogP contribution in [0.25, 0.3) is 5.65 Å². The van der Waals surface area contributed by atoms with Gasteiger partial charge in [-0.1, -0.05) is 0 Å². The third-order valence-corrected chi connectivity index (χ3v) is 1.44. The summed E-state index contributed by atoms with van der Waals surface area (Å²) in [6.45, 7) is 0. The number of anilines is 1. The molecular formula is C6H7N5. The summed E-state index contributed by atoms with van der Waals surface area (Å²) in [5.74, 6) is 0.773. The van der Waals surface area contributed by atoms with Crippen molar-refractivity contribution in [2.75, 3.05) is 12.4 Å².